The van der Waals surface area contributed by atoms with E-state index in [0.717, 1.165) is 40.2 Å². The summed E-state index contributed by atoms with van der Waals surface area (Å²) in [4.78, 5) is 15.9. The topological polar surface area (TPSA) is 63.3 Å². The van der Waals surface area contributed by atoms with Gasteiger partial charge in [-0.05, 0) is 35.9 Å². The summed E-state index contributed by atoms with van der Waals surface area (Å²) in [7, 11) is 3.10. The predicted octanol–water partition coefficient (Wildman–Crippen LogP) is 5.03. The molecule has 2 N–H and O–H groups in total. The molecule has 1 amide bonds. The highest BCUT2D eigenvalue weighted by molar-refractivity contribution is 5.94. The van der Waals surface area contributed by atoms with Crippen LogP contribution in [0.3, 0.4) is 0 Å². The Morgan fingerprint density at radius 1 is 1.00 bits per heavy atom. The molecule has 0 saturated heterocycles. The Hall–Kier alpha value is -3.87. The third kappa shape index (κ3) is 4.01. The normalized spacial score (nSPS) is 11.9. The van der Waals surface area contributed by atoms with Gasteiger partial charge in [-0.15, -0.1) is 0 Å². The minimum atomic E-state index is -0.786. The average molecular weight is 436 g/mol. The van der Waals surface area contributed by atoms with E-state index in [1.165, 1.54) is 0 Å². The summed E-state index contributed by atoms with van der Waals surface area (Å²) in [5, 5.41) is 3.73. The molecule has 0 aliphatic carbocycles. The van der Waals surface area contributed by atoms with E-state index in [-0.39, 0.29) is 18.0 Å². The molecule has 0 aliphatic rings. The molecule has 4 rings (SSSR count). The van der Waals surface area contributed by atoms with Gasteiger partial charge < -0.3 is 19.8 Å². The van der Waals surface area contributed by atoms with E-state index in [1.807, 2.05) is 42.6 Å². The number of ether oxygens (including phenoxy) is 2. The van der Waals surface area contributed by atoms with Gasteiger partial charge in [-0.25, -0.2) is 8.78 Å². The molecule has 0 radical (unpaired) electrons. The fourth-order valence-corrected chi connectivity index (χ4v) is 3.92. The van der Waals surface area contributed by atoms with E-state index in [1.54, 1.807) is 20.3 Å². The van der Waals surface area contributed by atoms with Crippen LogP contribution < -0.4 is 14.8 Å². The van der Waals surface area contributed by atoms with Crippen molar-refractivity contribution in [3.05, 3.63) is 95.2 Å². The van der Waals surface area contributed by atoms with Crippen molar-refractivity contribution < 1.29 is 23.0 Å². The van der Waals surface area contributed by atoms with Gasteiger partial charge in [0.1, 0.15) is 11.6 Å². The molecule has 0 saturated carbocycles. The van der Waals surface area contributed by atoms with Gasteiger partial charge in [0.15, 0.2) is 11.5 Å². The second kappa shape index (κ2) is 9.09. The highest BCUT2D eigenvalue weighted by Gasteiger charge is 2.25. The number of carbonyl (C=O) groups excluding carboxylic acids is 1. The molecule has 5 nitrogen and oxygen atoms in total. The Bertz CT molecular complexity index is 1270. The number of H-pyrrole nitrogens is 1. The van der Waals surface area contributed by atoms with E-state index >= 15 is 0 Å². The molecule has 0 unspecified atom stereocenters. The maximum absolute atomic E-state index is 14.1. The van der Waals surface area contributed by atoms with E-state index < -0.39 is 17.5 Å². The molecule has 32 heavy (non-hydrogen) atoms. The van der Waals surface area contributed by atoms with Crippen molar-refractivity contribution in [2.45, 2.75) is 5.92 Å². The average Bonchev–Trinajstić information content (AvgIpc) is 3.24. The molecule has 0 spiro atoms. The fraction of sp³-hybridized carbons (Fsp3) is 0.160. The quantitative estimate of drug-likeness (QED) is 0.427. The number of rotatable bonds is 7. The van der Waals surface area contributed by atoms with Crippen LogP contribution in [-0.2, 0) is 0 Å². The van der Waals surface area contributed by atoms with Crippen LogP contribution in [0.2, 0.25) is 0 Å². The van der Waals surface area contributed by atoms with E-state index in [2.05, 4.69) is 10.3 Å². The molecule has 3 aromatic carbocycles. The zero-order valence-electron chi connectivity index (χ0n) is 17.6. The van der Waals surface area contributed by atoms with Crippen molar-refractivity contribution in [1.29, 1.82) is 0 Å². The van der Waals surface area contributed by atoms with E-state index in [9.17, 15) is 13.6 Å². The summed E-state index contributed by atoms with van der Waals surface area (Å²) in [6.07, 6.45) is 1.88. The van der Waals surface area contributed by atoms with Crippen LogP contribution in [0.5, 0.6) is 11.5 Å². The van der Waals surface area contributed by atoms with Gasteiger partial charge in [0.2, 0.25) is 0 Å². The SMILES string of the molecule is COc1cccc([C@H](CNC(=O)c2cc(F)ccc2F)c2c[nH]c3ccccc23)c1OC. The lowest BCUT2D eigenvalue weighted by Gasteiger charge is -2.22. The number of hydrogen-bond acceptors (Lipinski definition) is 3. The Morgan fingerprint density at radius 2 is 1.81 bits per heavy atom. The first-order valence-corrected chi connectivity index (χ1v) is 10.0. The van der Waals surface area contributed by atoms with Gasteiger partial charge in [-0.2, -0.15) is 0 Å². The summed E-state index contributed by atoms with van der Waals surface area (Å²) in [5.41, 5.74) is 2.31. The lowest BCUT2D eigenvalue weighted by Crippen LogP contribution is -2.30. The highest BCUT2D eigenvalue weighted by atomic mass is 19.1. The monoisotopic (exact) mass is 436 g/mol. The number of para-hydroxylation sites is 2. The standard InChI is InChI=1S/C25H22F2N2O3/c1-31-23-9-5-7-17(24(23)32-2)20(19-13-28-22-8-4-3-6-16(19)22)14-29-25(30)18-12-15(26)10-11-21(18)27/h3-13,20,28H,14H2,1-2H3,(H,29,30)/t20-/m0/s1. The molecule has 0 fully saturated rings. The van der Waals surface area contributed by atoms with Gasteiger partial charge in [0.05, 0.1) is 19.8 Å². The first-order valence-electron chi connectivity index (χ1n) is 10.0. The number of carbonyl (C=O) groups is 1. The Kier molecular flexibility index (Phi) is 6.07. The largest absolute Gasteiger partial charge is 0.493 e. The number of methoxy groups -OCH3 is 2. The van der Waals surface area contributed by atoms with Crippen molar-refractivity contribution >= 4 is 16.8 Å². The lowest BCUT2D eigenvalue weighted by atomic mass is 9.89. The minimum Gasteiger partial charge on any atom is -0.493 e. The predicted molar refractivity (Wildman–Crippen MR) is 118 cm³/mol. The lowest BCUT2D eigenvalue weighted by molar-refractivity contribution is 0.0948. The van der Waals surface area contributed by atoms with Gasteiger partial charge in [0, 0.05) is 35.1 Å². The third-order valence-electron chi connectivity index (χ3n) is 5.45. The molecule has 4 aromatic rings. The molecule has 164 valence electrons. The summed E-state index contributed by atoms with van der Waals surface area (Å²) in [6.45, 7) is 0.125. The van der Waals surface area contributed by atoms with Crippen LogP contribution >= 0.6 is 0 Å². The van der Waals surface area contributed by atoms with Crippen molar-refractivity contribution in [2.24, 2.45) is 0 Å². The Balaban J connectivity index is 1.75. The maximum atomic E-state index is 14.1. The number of amides is 1. The fourth-order valence-electron chi connectivity index (χ4n) is 3.92. The molecule has 1 aromatic heterocycles. The summed E-state index contributed by atoms with van der Waals surface area (Å²) >= 11 is 0. The highest BCUT2D eigenvalue weighted by Crippen LogP contribution is 2.40. The van der Waals surface area contributed by atoms with Crippen molar-refractivity contribution in [3.8, 4) is 11.5 Å². The molecule has 0 bridgehead atoms. The van der Waals surface area contributed by atoms with Crippen molar-refractivity contribution in [1.82, 2.24) is 10.3 Å². The summed E-state index contributed by atoms with van der Waals surface area (Å²) in [6, 6.07) is 16.1. The van der Waals surface area contributed by atoms with E-state index in [4.69, 9.17) is 9.47 Å². The van der Waals surface area contributed by atoms with Crippen LogP contribution in [0, 0.1) is 11.6 Å². The third-order valence-corrected chi connectivity index (χ3v) is 5.45. The molecular weight excluding hydrogens is 414 g/mol. The molecule has 1 atom stereocenters. The zero-order chi connectivity index (χ0) is 22.7. The van der Waals surface area contributed by atoms with Crippen molar-refractivity contribution in [3.63, 3.8) is 0 Å². The van der Waals surface area contributed by atoms with Crippen LogP contribution in [-0.4, -0.2) is 31.7 Å². The molecular formula is C25H22F2N2O3. The summed E-state index contributed by atoms with van der Waals surface area (Å²) in [5.74, 6) is -1.43. The number of nitrogens with one attached hydrogen (secondary N) is 2. The second-order valence-electron chi connectivity index (χ2n) is 7.26. The molecule has 7 heteroatoms. The number of hydrogen-bond donors (Lipinski definition) is 2. The second-order valence-corrected chi connectivity index (χ2v) is 7.26. The maximum Gasteiger partial charge on any atom is 0.254 e. The van der Waals surface area contributed by atoms with Gasteiger partial charge in [-0.3, -0.25) is 4.79 Å². The Morgan fingerprint density at radius 3 is 2.59 bits per heavy atom. The summed E-state index contributed by atoms with van der Waals surface area (Å²) < 4.78 is 38.7. The number of fused-ring (bicyclic) bond motifs is 1. The zero-order valence-corrected chi connectivity index (χ0v) is 17.6. The van der Waals surface area contributed by atoms with Crippen LogP contribution in [0.25, 0.3) is 10.9 Å². The van der Waals surface area contributed by atoms with Gasteiger partial charge in [0.25, 0.3) is 5.91 Å². The van der Waals surface area contributed by atoms with Gasteiger partial charge in [-0.1, -0.05) is 30.3 Å². The van der Waals surface area contributed by atoms with Crippen LogP contribution in [0.15, 0.2) is 66.9 Å². The van der Waals surface area contributed by atoms with Crippen molar-refractivity contribution in [2.75, 3.05) is 20.8 Å². The van der Waals surface area contributed by atoms with Crippen LogP contribution in [0.1, 0.15) is 27.4 Å². The minimum absolute atomic E-state index is 0.125. The smallest absolute Gasteiger partial charge is 0.254 e. The number of aromatic amines is 1. The number of aromatic nitrogens is 1. The first kappa shape index (κ1) is 21.4. The van der Waals surface area contributed by atoms with Crippen LogP contribution in [0.4, 0.5) is 8.78 Å². The first-order chi connectivity index (χ1) is 15.5. The molecule has 1 heterocycles. The van der Waals surface area contributed by atoms with E-state index in [0.29, 0.717) is 11.5 Å². The molecule has 0 aliphatic heterocycles. The number of benzene rings is 3. The Labute approximate surface area is 184 Å². The number of halogens is 2. The van der Waals surface area contributed by atoms with Gasteiger partial charge >= 0.3 is 0 Å².